The fourth-order valence-electron chi connectivity index (χ4n) is 2.47. The summed E-state index contributed by atoms with van der Waals surface area (Å²) >= 11 is 5.65. The number of hydrogen-bond acceptors (Lipinski definition) is 4. The Bertz CT molecular complexity index is 861. The van der Waals surface area contributed by atoms with Crippen molar-refractivity contribution in [3.05, 3.63) is 60.7 Å². The summed E-state index contributed by atoms with van der Waals surface area (Å²) in [6.45, 7) is 0. The lowest BCUT2D eigenvalue weighted by Crippen LogP contribution is -2.11. The zero-order valence-electron chi connectivity index (χ0n) is 14.4. The van der Waals surface area contributed by atoms with Gasteiger partial charge in [-0.15, -0.1) is 11.6 Å². The maximum atomic E-state index is 12.1. The third-order valence-corrected chi connectivity index (χ3v) is 4.06. The van der Waals surface area contributed by atoms with Gasteiger partial charge in [0.15, 0.2) is 0 Å². The number of carbonyl (C=O) groups excluding carboxylic acids is 1. The van der Waals surface area contributed by atoms with Gasteiger partial charge in [0.05, 0.1) is 18.5 Å². The van der Waals surface area contributed by atoms with Gasteiger partial charge in [-0.05, 0) is 30.7 Å². The molecule has 0 saturated carbocycles. The topological polar surface area (TPSA) is 53.4 Å². The average molecular weight is 371 g/mol. The number of methoxy groups -OCH3 is 1. The van der Waals surface area contributed by atoms with Gasteiger partial charge in [-0.3, -0.25) is 4.79 Å². The maximum absolute atomic E-state index is 12.1. The molecule has 6 heteroatoms. The second-order valence-corrected chi connectivity index (χ2v) is 5.99. The van der Waals surface area contributed by atoms with Crippen molar-refractivity contribution in [2.75, 3.05) is 13.0 Å². The largest absolute Gasteiger partial charge is 0.497 e. The molecule has 0 radical (unpaired) electrons. The minimum atomic E-state index is -0.333. The van der Waals surface area contributed by atoms with E-state index in [-0.39, 0.29) is 12.4 Å². The van der Waals surface area contributed by atoms with E-state index in [4.69, 9.17) is 21.1 Å². The molecule has 26 heavy (non-hydrogen) atoms. The number of halogens is 1. The summed E-state index contributed by atoms with van der Waals surface area (Å²) in [5.74, 6) is 1.20. The number of rotatable bonds is 7. The van der Waals surface area contributed by atoms with Gasteiger partial charge in [0.2, 0.25) is 5.88 Å². The first-order valence-corrected chi connectivity index (χ1v) is 8.81. The molecule has 0 aliphatic heterocycles. The molecule has 3 aromatic rings. The summed E-state index contributed by atoms with van der Waals surface area (Å²) in [7, 11) is 1.61. The molecule has 0 unspecified atom stereocenters. The van der Waals surface area contributed by atoms with Crippen molar-refractivity contribution in [2.24, 2.45) is 0 Å². The SMILES string of the molecule is COc1ccc(-n2nc(-c3ccccc3)cc2OC(=O)CCCCl)cc1. The lowest BCUT2D eigenvalue weighted by atomic mass is 10.2. The number of benzene rings is 2. The molecule has 1 aromatic heterocycles. The molecular weight excluding hydrogens is 352 g/mol. The van der Waals surface area contributed by atoms with Crippen molar-refractivity contribution in [1.82, 2.24) is 9.78 Å². The first-order valence-electron chi connectivity index (χ1n) is 8.28. The Morgan fingerprint density at radius 1 is 1.12 bits per heavy atom. The van der Waals surface area contributed by atoms with Gasteiger partial charge in [-0.1, -0.05) is 30.3 Å². The maximum Gasteiger partial charge on any atom is 0.312 e. The molecule has 134 valence electrons. The molecule has 0 amide bonds. The van der Waals surface area contributed by atoms with Crippen LogP contribution in [-0.4, -0.2) is 28.7 Å². The Balaban J connectivity index is 1.96. The molecule has 0 aliphatic carbocycles. The highest BCUT2D eigenvalue weighted by atomic mass is 35.5. The van der Waals surface area contributed by atoms with Crippen LogP contribution in [0, 0.1) is 0 Å². The zero-order chi connectivity index (χ0) is 18.4. The van der Waals surface area contributed by atoms with Crippen LogP contribution in [0.15, 0.2) is 60.7 Å². The Kier molecular flexibility index (Phi) is 5.92. The Morgan fingerprint density at radius 2 is 1.85 bits per heavy atom. The van der Waals surface area contributed by atoms with E-state index in [9.17, 15) is 4.79 Å². The van der Waals surface area contributed by atoms with Gasteiger partial charge in [0, 0.05) is 23.9 Å². The number of esters is 1. The van der Waals surface area contributed by atoms with Gasteiger partial charge in [-0.25, -0.2) is 4.68 Å². The van der Waals surface area contributed by atoms with E-state index in [0.29, 0.717) is 18.2 Å². The van der Waals surface area contributed by atoms with Crippen LogP contribution in [0.25, 0.3) is 16.9 Å². The van der Waals surface area contributed by atoms with Crippen LogP contribution in [-0.2, 0) is 4.79 Å². The van der Waals surface area contributed by atoms with Crippen LogP contribution in [0.1, 0.15) is 12.8 Å². The van der Waals surface area contributed by atoms with Crippen molar-refractivity contribution >= 4 is 17.6 Å². The average Bonchev–Trinajstić information content (AvgIpc) is 3.11. The third-order valence-electron chi connectivity index (χ3n) is 3.80. The number of nitrogens with zero attached hydrogens (tertiary/aromatic N) is 2. The first kappa shape index (κ1) is 18.0. The highest BCUT2D eigenvalue weighted by Gasteiger charge is 2.15. The zero-order valence-corrected chi connectivity index (χ0v) is 15.1. The Labute approximate surface area is 157 Å². The first-order chi connectivity index (χ1) is 12.7. The number of alkyl halides is 1. The van der Waals surface area contributed by atoms with Crippen LogP contribution in [0.5, 0.6) is 11.6 Å². The number of carbonyl (C=O) groups is 1. The highest BCUT2D eigenvalue weighted by Crippen LogP contribution is 2.27. The van der Waals surface area contributed by atoms with Crippen LogP contribution in [0.4, 0.5) is 0 Å². The lowest BCUT2D eigenvalue weighted by Gasteiger charge is -2.08. The quantitative estimate of drug-likeness (QED) is 0.454. The standard InChI is InChI=1S/C20H19ClN2O3/c1-25-17-11-9-16(10-12-17)23-19(26-20(24)8-5-13-21)14-18(22-23)15-6-3-2-4-7-15/h2-4,6-7,9-12,14H,5,8,13H2,1H3. The van der Waals surface area contributed by atoms with E-state index in [1.807, 2.05) is 54.6 Å². The number of hydrogen-bond donors (Lipinski definition) is 0. The molecule has 0 aliphatic rings. The van der Waals surface area contributed by atoms with Gasteiger partial charge in [-0.2, -0.15) is 5.10 Å². The minimum absolute atomic E-state index is 0.262. The van der Waals surface area contributed by atoms with Crippen molar-refractivity contribution in [2.45, 2.75) is 12.8 Å². The summed E-state index contributed by atoms with van der Waals surface area (Å²) in [6.07, 6.45) is 0.834. The fourth-order valence-corrected chi connectivity index (χ4v) is 2.61. The molecule has 0 saturated heterocycles. The predicted molar refractivity (Wildman–Crippen MR) is 101 cm³/mol. The van der Waals surface area contributed by atoms with Crippen LogP contribution in [0.2, 0.25) is 0 Å². The van der Waals surface area contributed by atoms with Crippen LogP contribution >= 0.6 is 11.6 Å². The van der Waals surface area contributed by atoms with Crippen molar-refractivity contribution in [3.63, 3.8) is 0 Å². The van der Waals surface area contributed by atoms with Crippen molar-refractivity contribution < 1.29 is 14.3 Å². The predicted octanol–water partition coefficient (Wildman–Crippen LogP) is 4.47. The molecule has 2 aromatic carbocycles. The second kappa shape index (κ2) is 8.54. The van der Waals surface area contributed by atoms with E-state index in [2.05, 4.69) is 5.10 Å². The monoisotopic (exact) mass is 370 g/mol. The minimum Gasteiger partial charge on any atom is -0.497 e. The van der Waals surface area contributed by atoms with E-state index in [1.165, 1.54) is 0 Å². The van der Waals surface area contributed by atoms with Gasteiger partial charge in [0.25, 0.3) is 0 Å². The Hall–Kier alpha value is -2.79. The fraction of sp³-hybridized carbons (Fsp3) is 0.200. The van der Waals surface area contributed by atoms with Crippen molar-refractivity contribution in [3.8, 4) is 28.6 Å². The summed E-state index contributed by atoms with van der Waals surface area (Å²) in [5, 5.41) is 4.61. The van der Waals surface area contributed by atoms with E-state index < -0.39 is 0 Å². The number of ether oxygens (including phenoxy) is 2. The van der Waals surface area contributed by atoms with Gasteiger partial charge >= 0.3 is 5.97 Å². The molecule has 0 fully saturated rings. The van der Waals surface area contributed by atoms with Crippen LogP contribution in [0.3, 0.4) is 0 Å². The third kappa shape index (κ3) is 4.24. The molecule has 1 heterocycles. The Morgan fingerprint density at radius 3 is 2.50 bits per heavy atom. The van der Waals surface area contributed by atoms with Crippen molar-refractivity contribution in [1.29, 1.82) is 0 Å². The molecule has 0 atom stereocenters. The smallest absolute Gasteiger partial charge is 0.312 e. The highest BCUT2D eigenvalue weighted by molar-refractivity contribution is 6.17. The van der Waals surface area contributed by atoms with E-state index in [1.54, 1.807) is 17.9 Å². The number of aromatic nitrogens is 2. The summed E-state index contributed by atoms with van der Waals surface area (Å²) in [6, 6.07) is 18.9. The van der Waals surface area contributed by atoms with Gasteiger partial charge in [0.1, 0.15) is 5.75 Å². The van der Waals surface area contributed by atoms with Gasteiger partial charge < -0.3 is 9.47 Å². The summed E-state index contributed by atoms with van der Waals surface area (Å²) < 4.78 is 12.3. The lowest BCUT2D eigenvalue weighted by molar-refractivity contribution is -0.134. The molecular formula is C20H19ClN2O3. The molecule has 0 N–H and O–H groups in total. The second-order valence-electron chi connectivity index (χ2n) is 5.61. The molecule has 0 spiro atoms. The van der Waals surface area contributed by atoms with Crippen LogP contribution < -0.4 is 9.47 Å². The normalized spacial score (nSPS) is 10.5. The van der Waals surface area contributed by atoms with E-state index >= 15 is 0 Å². The molecule has 5 nitrogen and oxygen atoms in total. The molecule has 0 bridgehead atoms. The summed E-state index contributed by atoms with van der Waals surface area (Å²) in [5.41, 5.74) is 2.44. The molecule has 3 rings (SSSR count). The summed E-state index contributed by atoms with van der Waals surface area (Å²) in [4.78, 5) is 12.1. The van der Waals surface area contributed by atoms with E-state index in [0.717, 1.165) is 22.7 Å².